The molecule has 1 unspecified atom stereocenters. The quantitative estimate of drug-likeness (QED) is 0.691. The topological polar surface area (TPSA) is 0 Å². The van der Waals surface area contributed by atoms with Gasteiger partial charge in [0.05, 0.1) is 0 Å². The van der Waals surface area contributed by atoms with E-state index in [0.29, 0.717) is 11.8 Å². The molecule has 0 nitrogen and oxygen atoms in total. The van der Waals surface area contributed by atoms with Gasteiger partial charge in [0.2, 0.25) is 0 Å². The van der Waals surface area contributed by atoms with Gasteiger partial charge in [-0.25, -0.2) is 0 Å². The first-order valence-corrected chi connectivity index (χ1v) is 8.02. The van der Waals surface area contributed by atoms with E-state index in [1.54, 1.807) is 0 Å². The molecule has 0 fully saturated rings. The first-order valence-electron chi connectivity index (χ1n) is 7.44. The van der Waals surface area contributed by atoms with Crippen LogP contribution in [0.5, 0.6) is 0 Å². The number of hydrogen-bond acceptors (Lipinski definition) is 0. The van der Waals surface area contributed by atoms with E-state index in [-0.39, 0.29) is 0 Å². The molecule has 2 aromatic rings. The maximum atomic E-state index is 2.74. The average Bonchev–Trinajstić information content (AvgIpc) is 2.41. The fraction of sp³-hybridized carbons (Fsp3) is 0.368. The van der Waals surface area contributed by atoms with Crippen molar-refractivity contribution in [2.45, 2.75) is 46.0 Å². The van der Waals surface area contributed by atoms with Crippen molar-refractivity contribution in [2.75, 3.05) is 0 Å². The summed E-state index contributed by atoms with van der Waals surface area (Å²) in [4.78, 5) is 0. The SMILES string of the molecule is CC(C)c1ccc(Cc2ccc(P)cc2)c(C(C)C)c1. The summed E-state index contributed by atoms with van der Waals surface area (Å²) in [5.41, 5.74) is 5.78. The van der Waals surface area contributed by atoms with E-state index in [1.807, 2.05) is 0 Å². The summed E-state index contributed by atoms with van der Waals surface area (Å²) < 4.78 is 0. The second-order valence-corrected chi connectivity index (χ2v) is 6.85. The van der Waals surface area contributed by atoms with Crippen LogP contribution in [0.3, 0.4) is 0 Å². The summed E-state index contributed by atoms with van der Waals surface area (Å²) in [5.74, 6) is 1.17. The average molecular weight is 284 g/mol. The smallest absolute Gasteiger partial charge is 0.00229 e. The maximum Gasteiger partial charge on any atom is -0.00229 e. The minimum atomic E-state index is 0.574. The highest BCUT2D eigenvalue weighted by Gasteiger charge is 2.10. The predicted octanol–water partition coefficient (Wildman–Crippen LogP) is 5.02. The first kappa shape index (κ1) is 15.3. The van der Waals surface area contributed by atoms with E-state index in [2.05, 4.69) is 79.4 Å². The Hall–Kier alpha value is -1.13. The lowest BCUT2D eigenvalue weighted by atomic mass is 9.89. The Balaban J connectivity index is 2.33. The van der Waals surface area contributed by atoms with Crippen LogP contribution in [0.1, 0.15) is 61.8 Å². The Bertz CT molecular complexity index is 565. The van der Waals surface area contributed by atoms with Crippen LogP contribution in [-0.2, 0) is 6.42 Å². The van der Waals surface area contributed by atoms with Gasteiger partial charge in [-0.3, -0.25) is 0 Å². The summed E-state index contributed by atoms with van der Waals surface area (Å²) >= 11 is 0. The second kappa shape index (κ2) is 6.55. The van der Waals surface area contributed by atoms with Crippen LogP contribution in [0, 0.1) is 0 Å². The highest BCUT2D eigenvalue weighted by molar-refractivity contribution is 7.27. The van der Waals surface area contributed by atoms with Gasteiger partial charge in [-0.05, 0) is 45.8 Å². The fourth-order valence-electron chi connectivity index (χ4n) is 2.53. The molecular formula is C19H25P. The van der Waals surface area contributed by atoms with Crippen molar-refractivity contribution in [3.05, 3.63) is 64.7 Å². The molecule has 1 heteroatoms. The van der Waals surface area contributed by atoms with Gasteiger partial charge in [0.25, 0.3) is 0 Å². The molecule has 0 bridgehead atoms. The Morgan fingerprint density at radius 2 is 1.50 bits per heavy atom. The Labute approximate surface area is 125 Å². The summed E-state index contributed by atoms with van der Waals surface area (Å²) in [6.07, 6.45) is 1.02. The zero-order valence-corrected chi connectivity index (χ0v) is 14.1. The lowest BCUT2D eigenvalue weighted by Gasteiger charge is -2.16. The van der Waals surface area contributed by atoms with Crippen molar-refractivity contribution in [1.29, 1.82) is 0 Å². The molecule has 0 aliphatic rings. The zero-order chi connectivity index (χ0) is 14.7. The number of hydrogen-bond donors (Lipinski definition) is 0. The van der Waals surface area contributed by atoms with Crippen LogP contribution in [0.2, 0.25) is 0 Å². The molecule has 0 aromatic heterocycles. The Morgan fingerprint density at radius 3 is 2.05 bits per heavy atom. The van der Waals surface area contributed by atoms with Gasteiger partial charge in [0.15, 0.2) is 0 Å². The third-order valence-electron chi connectivity index (χ3n) is 3.83. The second-order valence-electron chi connectivity index (χ2n) is 6.19. The molecular weight excluding hydrogens is 259 g/mol. The van der Waals surface area contributed by atoms with Crippen LogP contribution >= 0.6 is 9.24 Å². The third kappa shape index (κ3) is 3.70. The zero-order valence-electron chi connectivity index (χ0n) is 13.0. The van der Waals surface area contributed by atoms with Crippen LogP contribution in [0.15, 0.2) is 42.5 Å². The lowest BCUT2D eigenvalue weighted by Crippen LogP contribution is -2.01. The fourth-order valence-corrected chi connectivity index (χ4v) is 2.72. The summed E-state index contributed by atoms with van der Waals surface area (Å²) in [7, 11) is 2.74. The van der Waals surface area contributed by atoms with Crippen molar-refractivity contribution in [3.63, 3.8) is 0 Å². The van der Waals surface area contributed by atoms with Gasteiger partial charge in [-0.1, -0.05) is 70.2 Å². The third-order valence-corrected chi connectivity index (χ3v) is 4.22. The molecule has 2 aromatic carbocycles. The van der Waals surface area contributed by atoms with E-state index in [4.69, 9.17) is 0 Å². The first-order chi connectivity index (χ1) is 9.47. The van der Waals surface area contributed by atoms with Crippen LogP contribution in [0.4, 0.5) is 0 Å². The molecule has 20 heavy (non-hydrogen) atoms. The molecule has 0 spiro atoms. The highest BCUT2D eigenvalue weighted by Crippen LogP contribution is 2.26. The standard InChI is InChI=1S/C19H25P/c1-13(2)16-7-8-17(19(12-16)14(3)4)11-15-5-9-18(20)10-6-15/h5-10,12-14H,11,20H2,1-4H3. The van der Waals surface area contributed by atoms with E-state index < -0.39 is 0 Å². The van der Waals surface area contributed by atoms with Crippen LogP contribution in [0.25, 0.3) is 0 Å². The van der Waals surface area contributed by atoms with Crippen molar-refractivity contribution < 1.29 is 0 Å². The lowest BCUT2D eigenvalue weighted by molar-refractivity contribution is 0.821. The molecule has 0 heterocycles. The monoisotopic (exact) mass is 284 g/mol. The molecule has 0 aliphatic carbocycles. The molecule has 1 atom stereocenters. The molecule has 2 rings (SSSR count). The van der Waals surface area contributed by atoms with Gasteiger partial charge in [-0.2, -0.15) is 0 Å². The van der Waals surface area contributed by atoms with E-state index in [0.717, 1.165) is 6.42 Å². The van der Waals surface area contributed by atoms with E-state index in [1.165, 1.54) is 27.6 Å². The highest BCUT2D eigenvalue weighted by atomic mass is 31.0. The molecule has 0 aliphatic heterocycles. The molecule has 0 N–H and O–H groups in total. The number of rotatable bonds is 4. The van der Waals surface area contributed by atoms with Gasteiger partial charge < -0.3 is 0 Å². The molecule has 0 saturated heterocycles. The molecule has 0 amide bonds. The van der Waals surface area contributed by atoms with Gasteiger partial charge in [0, 0.05) is 0 Å². The summed E-state index contributed by atoms with van der Waals surface area (Å²) in [6, 6.07) is 15.8. The van der Waals surface area contributed by atoms with Gasteiger partial charge in [0.1, 0.15) is 0 Å². The number of benzene rings is 2. The van der Waals surface area contributed by atoms with Gasteiger partial charge >= 0.3 is 0 Å². The normalized spacial score (nSPS) is 11.3. The molecule has 0 radical (unpaired) electrons. The largest absolute Gasteiger partial charge is 0.106 e. The maximum absolute atomic E-state index is 2.74. The van der Waals surface area contributed by atoms with Crippen molar-refractivity contribution in [2.24, 2.45) is 0 Å². The minimum absolute atomic E-state index is 0.574. The molecule has 0 saturated carbocycles. The van der Waals surface area contributed by atoms with Crippen molar-refractivity contribution in [3.8, 4) is 0 Å². The van der Waals surface area contributed by atoms with Crippen molar-refractivity contribution >= 4 is 14.5 Å². The summed E-state index contributed by atoms with van der Waals surface area (Å²) in [5, 5.41) is 1.24. The minimum Gasteiger partial charge on any atom is -0.106 e. The molecule has 106 valence electrons. The Kier molecular flexibility index (Phi) is 5.00. The Morgan fingerprint density at radius 1 is 0.850 bits per heavy atom. The van der Waals surface area contributed by atoms with Gasteiger partial charge in [-0.15, -0.1) is 9.24 Å². The predicted molar refractivity (Wildman–Crippen MR) is 93.2 cm³/mol. The van der Waals surface area contributed by atoms with E-state index >= 15 is 0 Å². The van der Waals surface area contributed by atoms with Crippen LogP contribution < -0.4 is 5.30 Å². The van der Waals surface area contributed by atoms with Crippen LogP contribution in [-0.4, -0.2) is 0 Å². The van der Waals surface area contributed by atoms with E-state index in [9.17, 15) is 0 Å². The summed E-state index contributed by atoms with van der Waals surface area (Å²) in [6.45, 7) is 9.09. The van der Waals surface area contributed by atoms with Crippen molar-refractivity contribution in [1.82, 2.24) is 0 Å².